The van der Waals surface area contributed by atoms with E-state index >= 15 is 0 Å². The molecular formula is C11H14ClNO4S. The maximum atomic E-state index is 10.9. The summed E-state index contributed by atoms with van der Waals surface area (Å²) in [6, 6.07) is 3.45. The molecule has 7 heteroatoms. The zero-order valence-electron chi connectivity index (χ0n) is 10.3. The van der Waals surface area contributed by atoms with Crippen LogP contribution in [-0.2, 0) is 9.05 Å². The van der Waals surface area contributed by atoms with Gasteiger partial charge in [-0.1, -0.05) is 0 Å². The van der Waals surface area contributed by atoms with Crippen LogP contribution in [-0.4, -0.2) is 47.0 Å². The molecule has 0 spiro atoms. The largest absolute Gasteiger partial charge is 0.312 e. The topological polar surface area (TPSA) is 71.5 Å². The summed E-state index contributed by atoms with van der Waals surface area (Å²) >= 11 is 0. The molecule has 0 aromatic heterocycles. The number of hydrogen-bond acceptors (Lipinski definition) is 5. The fraction of sp³-hybridized carbons (Fsp3) is 0.273. The van der Waals surface area contributed by atoms with Crippen LogP contribution in [0.5, 0.6) is 0 Å². The summed E-state index contributed by atoms with van der Waals surface area (Å²) in [5, 5.41) is 0. The van der Waals surface area contributed by atoms with Gasteiger partial charge < -0.3 is 4.90 Å². The number of carbonyl (C=O) groups excluding carboxylic acids is 2. The lowest BCUT2D eigenvalue weighted by atomic mass is 10.1. The Kier molecular flexibility index (Phi) is 6.75. The molecule has 0 saturated carbocycles. The molecule has 0 fully saturated rings. The van der Waals surface area contributed by atoms with Gasteiger partial charge in [0.25, 0.3) is 9.05 Å². The minimum absolute atomic E-state index is 0.00160. The van der Waals surface area contributed by atoms with Crippen LogP contribution in [0.15, 0.2) is 23.1 Å². The van der Waals surface area contributed by atoms with Gasteiger partial charge in [-0.3, -0.25) is 9.59 Å². The third-order valence-electron chi connectivity index (χ3n) is 1.59. The molecule has 0 amide bonds. The van der Waals surface area contributed by atoms with Crippen LogP contribution in [0.1, 0.15) is 20.7 Å². The Morgan fingerprint density at radius 2 is 1.50 bits per heavy atom. The second kappa shape index (κ2) is 7.25. The van der Waals surface area contributed by atoms with Gasteiger partial charge in [-0.2, -0.15) is 0 Å². The highest BCUT2D eigenvalue weighted by Crippen LogP contribution is 2.17. The first-order chi connectivity index (χ1) is 8.22. The Bertz CT molecular complexity index is 523. The quantitative estimate of drug-likeness (QED) is 0.622. The van der Waals surface area contributed by atoms with Gasteiger partial charge in [0.05, 0.1) is 4.90 Å². The van der Waals surface area contributed by atoms with E-state index in [1.165, 1.54) is 12.1 Å². The molecule has 1 aromatic carbocycles. The zero-order chi connectivity index (χ0) is 14.3. The van der Waals surface area contributed by atoms with E-state index in [0.29, 0.717) is 12.6 Å². The fourth-order valence-electron chi connectivity index (χ4n) is 0.914. The lowest BCUT2D eigenvalue weighted by Crippen LogP contribution is -1.99. The monoisotopic (exact) mass is 291 g/mol. The van der Waals surface area contributed by atoms with Crippen molar-refractivity contribution in [3.63, 3.8) is 0 Å². The van der Waals surface area contributed by atoms with Crippen LogP contribution in [0.2, 0.25) is 0 Å². The van der Waals surface area contributed by atoms with Crippen molar-refractivity contribution in [2.24, 2.45) is 0 Å². The van der Waals surface area contributed by atoms with E-state index in [0.717, 1.165) is 6.07 Å². The number of carbonyl (C=O) groups is 2. The first-order valence-corrected chi connectivity index (χ1v) is 7.13. The van der Waals surface area contributed by atoms with Gasteiger partial charge in [0.1, 0.15) is 0 Å². The van der Waals surface area contributed by atoms with E-state index in [2.05, 4.69) is 0 Å². The summed E-state index contributed by atoms with van der Waals surface area (Å²) in [6.45, 7) is 0. The number of benzene rings is 1. The van der Waals surface area contributed by atoms with E-state index in [9.17, 15) is 18.0 Å². The van der Waals surface area contributed by atoms with Gasteiger partial charge in [-0.15, -0.1) is 0 Å². The smallest absolute Gasteiger partial charge is 0.261 e. The highest BCUT2D eigenvalue weighted by Gasteiger charge is 2.12. The molecule has 0 saturated heterocycles. The fourth-order valence-corrected chi connectivity index (χ4v) is 1.70. The molecule has 18 heavy (non-hydrogen) atoms. The first kappa shape index (κ1) is 16.8. The van der Waals surface area contributed by atoms with Crippen molar-refractivity contribution in [3.8, 4) is 0 Å². The van der Waals surface area contributed by atoms with Crippen molar-refractivity contribution < 1.29 is 18.0 Å². The van der Waals surface area contributed by atoms with Crippen molar-refractivity contribution in [2.75, 3.05) is 21.1 Å². The van der Waals surface area contributed by atoms with Crippen molar-refractivity contribution in [1.82, 2.24) is 4.90 Å². The Morgan fingerprint density at radius 1 is 1.06 bits per heavy atom. The average Bonchev–Trinajstić information content (AvgIpc) is 2.26. The Morgan fingerprint density at radius 3 is 1.83 bits per heavy atom. The lowest BCUT2D eigenvalue weighted by Gasteiger charge is -1.99. The van der Waals surface area contributed by atoms with Gasteiger partial charge in [-0.25, -0.2) is 8.42 Å². The number of hydrogen-bond donors (Lipinski definition) is 0. The Balaban J connectivity index is 0.000000631. The second-order valence-corrected chi connectivity index (χ2v) is 6.37. The maximum absolute atomic E-state index is 10.9. The van der Waals surface area contributed by atoms with Crippen molar-refractivity contribution in [1.29, 1.82) is 0 Å². The van der Waals surface area contributed by atoms with Crippen molar-refractivity contribution in [2.45, 2.75) is 4.90 Å². The molecule has 0 N–H and O–H groups in total. The third-order valence-corrected chi connectivity index (χ3v) is 2.95. The van der Waals surface area contributed by atoms with E-state index in [1.807, 2.05) is 26.0 Å². The highest BCUT2D eigenvalue weighted by molar-refractivity contribution is 8.13. The molecular weight excluding hydrogens is 278 g/mol. The SMILES string of the molecule is CN(C)C.O=Cc1ccc(S(=O)(=O)Cl)cc1C=O. The number of aldehydes is 2. The Labute approximate surface area is 111 Å². The van der Waals surface area contributed by atoms with Crippen LogP contribution in [0.3, 0.4) is 0 Å². The summed E-state index contributed by atoms with van der Waals surface area (Å²) in [4.78, 5) is 22.7. The molecule has 1 rings (SSSR count). The first-order valence-electron chi connectivity index (χ1n) is 4.82. The summed E-state index contributed by atoms with van der Waals surface area (Å²) < 4.78 is 21.7. The highest BCUT2D eigenvalue weighted by atomic mass is 35.7. The minimum atomic E-state index is -3.86. The summed E-state index contributed by atoms with van der Waals surface area (Å²) in [6.07, 6.45) is 0.865. The molecule has 5 nitrogen and oxygen atoms in total. The van der Waals surface area contributed by atoms with E-state index in [1.54, 1.807) is 0 Å². The lowest BCUT2D eigenvalue weighted by molar-refractivity contribution is 0.109. The maximum Gasteiger partial charge on any atom is 0.261 e. The normalized spacial score (nSPS) is 10.5. The number of rotatable bonds is 3. The van der Waals surface area contributed by atoms with Gasteiger partial charge in [-0.05, 0) is 39.3 Å². The molecule has 100 valence electrons. The summed E-state index contributed by atoms with van der Waals surface area (Å²) in [7, 11) is 7.19. The van der Waals surface area contributed by atoms with Crippen molar-refractivity contribution in [3.05, 3.63) is 29.3 Å². The molecule has 1 aromatic rings. The third kappa shape index (κ3) is 5.90. The van der Waals surface area contributed by atoms with E-state index in [-0.39, 0.29) is 16.0 Å². The van der Waals surface area contributed by atoms with Gasteiger partial charge in [0.15, 0.2) is 12.6 Å². The standard InChI is InChI=1S/C8H5ClO4S.C3H9N/c9-14(12,13)8-2-1-6(4-10)7(3-8)5-11;1-4(2)3/h1-5H;1-3H3. The molecule has 0 aliphatic carbocycles. The van der Waals surface area contributed by atoms with Crippen LogP contribution in [0, 0.1) is 0 Å². The second-order valence-electron chi connectivity index (χ2n) is 3.81. The summed E-state index contributed by atoms with van der Waals surface area (Å²) in [5.41, 5.74) is 0.130. The average molecular weight is 292 g/mol. The number of nitrogens with zero attached hydrogens (tertiary/aromatic N) is 1. The van der Waals surface area contributed by atoms with Gasteiger partial charge in [0, 0.05) is 21.8 Å². The number of halogens is 1. The van der Waals surface area contributed by atoms with Crippen LogP contribution in [0.4, 0.5) is 0 Å². The molecule has 0 heterocycles. The molecule has 0 unspecified atom stereocenters. The summed E-state index contributed by atoms with van der Waals surface area (Å²) in [5.74, 6) is 0. The molecule has 0 radical (unpaired) electrons. The minimum Gasteiger partial charge on any atom is -0.312 e. The molecule has 0 aliphatic rings. The van der Waals surface area contributed by atoms with E-state index < -0.39 is 9.05 Å². The van der Waals surface area contributed by atoms with Crippen molar-refractivity contribution >= 4 is 32.3 Å². The molecule has 0 atom stereocenters. The van der Waals surface area contributed by atoms with Crippen LogP contribution >= 0.6 is 10.7 Å². The molecule has 0 aliphatic heterocycles. The molecule has 0 bridgehead atoms. The van der Waals surface area contributed by atoms with Crippen LogP contribution < -0.4 is 0 Å². The predicted molar refractivity (Wildman–Crippen MR) is 69.9 cm³/mol. The van der Waals surface area contributed by atoms with Crippen LogP contribution in [0.25, 0.3) is 0 Å². The van der Waals surface area contributed by atoms with E-state index in [4.69, 9.17) is 10.7 Å². The van der Waals surface area contributed by atoms with Gasteiger partial charge >= 0.3 is 0 Å². The van der Waals surface area contributed by atoms with Gasteiger partial charge in [0.2, 0.25) is 0 Å². The predicted octanol–water partition coefficient (Wildman–Crippen LogP) is 1.42. The zero-order valence-corrected chi connectivity index (χ0v) is 11.8. The Hall–Kier alpha value is -1.24.